The van der Waals surface area contributed by atoms with Crippen LogP contribution in [0.3, 0.4) is 0 Å². The van der Waals surface area contributed by atoms with Crippen LogP contribution in [0.2, 0.25) is 0 Å². The van der Waals surface area contributed by atoms with E-state index in [1.807, 2.05) is 6.33 Å². The summed E-state index contributed by atoms with van der Waals surface area (Å²) in [5.74, 6) is 0. The van der Waals surface area contributed by atoms with Crippen LogP contribution in [0.25, 0.3) is 0 Å². The number of H-pyrrole nitrogens is 1. The number of hydrogen-bond acceptors (Lipinski definition) is 3. The van der Waals surface area contributed by atoms with Gasteiger partial charge in [0.05, 0.1) is 17.7 Å². The molecule has 0 aromatic carbocycles. The summed E-state index contributed by atoms with van der Waals surface area (Å²) < 4.78 is 0. The molecule has 0 spiro atoms. The summed E-state index contributed by atoms with van der Waals surface area (Å²) in [7, 11) is 0. The molecule has 4 heteroatoms. The van der Waals surface area contributed by atoms with Crippen LogP contribution in [0.4, 0.5) is 0 Å². The summed E-state index contributed by atoms with van der Waals surface area (Å²) in [6.45, 7) is 2.02. The molecule has 1 aromatic rings. The minimum atomic E-state index is 0.549. The molecule has 3 rings (SSSR count). The molecule has 1 saturated carbocycles. The molecule has 1 fully saturated rings. The highest BCUT2D eigenvalue weighted by atomic mass is 15.0. The van der Waals surface area contributed by atoms with Gasteiger partial charge in [-0.15, -0.1) is 0 Å². The maximum Gasteiger partial charge on any atom is 0.0925 e. The molecule has 0 bridgehead atoms. The zero-order valence-electron chi connectivity index (χ0n) is 10.3. The highest BCUT2D eigenvalue weighted by molar-refractivity contribution is 5.15. The van der Waals surface area contributed by atoms with Crippen LogP contribution >= 0.6 is 0 Å². The Bertz CT molecular complexity index is 354. The second kappa shape index (κ2) is 5.19. The first-order chi connectivity index (χ1) is 8.42. The van der Waals surface area contributed by atoms with Gasteiger partial charge in [0.1, 0.15) is 0 Å². The van der Waals surface area contributed by atoms with Gasteiger partial charge in [0, 0.05) is 31.6 Å². The van der Waals surface area contributed by atoms with Crippen LogP contribution in [0, 0.1) is 0 Å². The molecule has 1 aromatic heterocycles. The van der Waals surface area contributed by atoms with Gasteiger partial charge in [-0.05, 0) is 12.8 Å². The third kappa shape index (κ3) is 2.69. The van der Waals surface area contributed by atoms with Crippen LogP contribution in [0.5, 0.6) is 0 Å². The fourth-order valence-corrected chi connectivity index (χ4v) is 2.99. The highest BCUT2D eigenvalue weighted by Gasteiger charge is 2.21. The van der Waals surface area contributed by atoms with Gasteiger partial charge in [-0.3, -0.25) is 0 Å². The largest absolute Gasteiger partial charge is 0.347 e. The Hall–Kier alpha value is -0.870. The van der Waals surface area contributed by atoms with E-state index in [0.717, 1.165) is 25.6 Å². The minimum absolute atomic E-state index is 0.549. The minimum Gasteiger partial charge on any atom is -0.347 e. The third-order valence-corrected chi connectivity index (χ3v) is 4.07. The number of aromatic nitrogens is 2. The zero-order valence-corrected chi connectivity index (χ0v) is 10.3. The van der Waals surface area contributed by atoms with E-state index < -0.39 is 0 Å². The predicted molar refractivity (Wildman–Crippen MR) is 67.8 cm³/mol. The average Bonchev–Trinajstić information content (AvgIpc) is 2.85. The summed E-state index contributed by atoms with van der Waals surface area (Å²) in [4.78, 5) is 7.57. The number of aromatic amines is 1. The SMILES string of the molecule is c1nc2c([nH]1)CNC(CNC1CCCCC1)C2. The Morgan fingerprint density at radius 2 is 2.18 bits per heavy atom. The molecule has 0 amide bonds. The van der Waals surface area contributed by atoms with Gasteiger partial charge in [-0.25, -0.2) is 4.98 Å². The monoisotopic (exact) mass is 234 g/mol. The summed E-state index contributed by atoms with van der Waals surface area (Å²) in [5.41, 5.74) is 2.51. The van der Waals surface area contributed by atoms with E-state index in [0.29, 0.717) is 6.04 Å². The molecular weight excluding hydrogens is 212 g/mol. The van der Waals surface area contributed by atoms with Crippen molar-refractivity contribution in [2.24, 2.45) is 0 Å². The van der Waals surface area contributed by atoms with Crippen molar-refractivity contribution in [3.8, 4) is 0 Å². The Morgan fingerprint density at radius 3 is 3.06 bits per heavy atom. The lowest BCUT2D eigenvalue weighted by Gasteiger charge is -2.28. The fraction of sp³-hybridized carbons (Fsp3) is 0.769. The molecule has 0 saturated heterocycles. The molecule has 1 aliphatic heterocycles. The molecule has 17 heavy (non-hydrogen) atoms. The maximum atomic E-state index is 4.38. The summed E-state index contributed by atoms with van der Waals surface area (Å²) in [5, 5.41) is 7.28. The number of rotatable bonds is 3. The summed E-state index contributed by atoms with van der Waals surface area (Å²) in [6, 6.07) is 1.30. The zero-order chi connectivity index (χ0) is 11.5. The van der Waals surface area contributed by atoms with Crippen LogP contribution in [-0.2, 0) is 13.0 Å². The number of nitrogens with one attached hydrogen (secondary N) is 3. The Balaban J connectivity index is 1.47. The van der Waals surface area contributed by atoms with Gasteiger partial charge in [-0.1, -0.05) is 19.3 Å². The molecule has 2 heterocycles. The van der Waals surface area contributed by atoms with Gasteiger partial charge in [0.2, 0.25) is 0 Å². The average molecular weight is 234 g/mol. The molecule has 1 unspecified atom stereocenters. The van der Waals surface area contributed by atoms with Crippen molar-refractivity contribution >= 4 is 0 Å². The lowest BCUT2D eigenvalue weighted by Crippen LogP contribution is -2.46. The number of imidazole rings is 1. The molecular formula is C13H22N4. The van der Waals surface area contributed by atoms with Gasteiger partial charge >= 0.3 is 0 Å². The van der Waals surface area contributed by atoms with Crippen LogP contribution < -0.4 is 10.6 Å². The fourth-order valence-electron chi connectivity index (χ4n) is 2.99. The lowest BCUT2D eigenvalue weighted by molar-refractivity contribution is 0.344. The molecule has 1 aliphatic carbocycles. The molecule has 1 atom stereocenters. The first kappa shape index (κ1) is 11.2. The van der Waals surface area contributed by atoms with Crippen LogP contribution in [-0.4, -0.2) is 28.6 Å². The van der Waals surface area contributed by atoms with Crippen molar-refractivity contribution in [1.82, 2.24) is 20.6 Å². The van der Waals surface area contributed by atoms with Crippen LogP contribution in [0.15, 0.2) is 6.33 Å². The van der Waals surface area contributed by atoms with Gasteiger partial charge < -0.3 is 15.6 Å². The van der Waals surface area contributed by atoms with E-state index in [4.69, 9.17) is 0 Å². The normalized spacial score (nSPS) is 25.8. The van der Waals surface area contributed by atoms with Crippen molar-refractivity contribution in [2.75, 3.05) is 6.54 Å². The van der Waals surface area contributed by atoms with Crippen molar-refractivity contribution < 1.29 is 0 Å². The number of fused-ring (bicyclic) bond motifs is 1. The van der Waals surface area contributed by atoms with Crippen molar-refractivity contribution in [1.29, 1.82) is 0 Å². The predicted octanol–water partition coefficient (Wildman–Crippen LogP) is 1.35. The summed E-state index contributed by atoms with van der Waals surface area (Å²) in [6.07, 6.45) is 9.82. The van der Waals surface area contributed by atoms with E-state index in [1.54, 1.807) is 0 Å². The van der Waals surface area contributed by atoms with E-state index in [2.05, 4.69) is 20.6 Å². The topological polar surface area (TPSA) is 52.7 Å². The number of nitrogens with zero attached hydrogens (tertiary/aromatic N) is 1. The standard InChI is InChI=1S/C13H22N4/c1-2-4-10(5-3-1)14-7-11-6-12-13(8-15-11)17-9-16-12/h9-11,14-15H,1-8H2,(H,16,17). The van der Waals surface area contributed by atoms with E-state index in [9.17, 15) is 0 Å². The van der Waals surface area contributed by atoms with E-state index >= 15 is 0 Å². The summed E-state index contributed by atoms with van der Waals surface area (Å²) >= 11 is 0. The first-order valence-corrected chi connectivity index (χ1v) is 6.90. The van der Waals surface area contributed by atoms with Crippen LogP contribution in [0.1, 0.15) is 43.5 Å². The van der Waals surface area contributed by atoms with Gasteiger partial charge in [0.15, 0.2) is 0 Å². The molecule has 0 radical (unpaired) electrons. The third-order valence-electron chi connectivity index (χ3n) is 4.07. The van der Waals surface area contributed by atoms with Crippen molar-refractivity contribution in [2.45, 2.75) is 57.2 Å². The maximum absolute atomic E-state index is 4.38. The van der Waals surface area contributed by atoms with Gasteiger partial charge in [0.25, 0.3) is 0 Å². The first-order valence-electron chi connectivity index (χ1n) is 6.90. The van der Waals surface area contributed by atoms with Gasteiger partial charge in [-0.2, -0.15) is 0 Å². The lowest BCUT2D eigenvalue weighted by atomic mass is 9.95. The number of hydrogen-bond donors (Lipinski definition) is 3. The Labute approximate surface area is 103 Å². The highest BCUT2D eigenvalue weighted by Crippen LogP contribution is 2.18. The van der Waals surface area contributed by atoms with E-state index in [-0.39, 0.29) is 0 Å². The second-order valence-corrected chi connectivity index (χ2v) is 5.35. The molecule has 2 aliphatic rings. The Morgan fingerprint density at radius 1 is 1.29 bits per heavy atom. The Kier molecular flexibility index (Phi) is 3.43. The van der Waals surface area contributed by atoms with Crippen molar-refractivity contribution in [3.05, 3.63) is 17.7 Å². The molecule has 3 N–H and O–H groups in total. The van der Waals surface area contributed by atoms with E-state index in [1.165, 1.54) is 43.5 Å². The second-order valence-electron chi connectivity index (χ2n) is 5.35. The molecule has 94 valence electrons. The quantitative estimate of drug-likeness (QED) is 0.740. The molecule has 4 nitrogen and oxygen atoms in total. The van der Waals surface area contributed by atoms with Crippen molar-refractivity contribution in [3.63, 3.8) is 0 Å². The smallest absolute Gasteiger partial charge is 0.0925 e.